The van der Waals surface area contributed by atoms with Gasteiger partial charge in [-0.15, -0.1) is 0 Å². The lowest BCUT2D eigenvalue weighted by molar-refractivity contribution is 0.237. The monoisotopic (exact) mass is 234 g/mol. The average Bonchev–Trinajstić information content (AvgIpc) is 2.87. The van der Waals surface area contributed by atoms with Crippen molar-refractivity contribution in [3.05, 3.63) is 29.8 Å². The number of aliphatic hydroxyl groups is 1. The molecule has 0 aliphatic carbocycles. The van der Waals surface area contributed by atoms with Crippen LogP contribution < -0.4 is 5.73 Å². The number of aryl methyl sites for hydroxylation is 1. The molecule has 0 amide bonds. The zero-order valence-electron chi connectivity index (χ0n) is 9.50. The molecule has 0 saturated carbocycles. The van der Waals surface area contributed by atoms with Gasteiger partial charge in [-0.1, -0.05) is 18.1 Å². The number of pyridine rings is 1. The van der Waals surface area contributed by atoms with Crippen molar-refractivity contribution in [1.82, 2.24) is 15.1 Å². The molecule has 0 bridgehead atoms. The largest absolute Gasteiger partial charge is 0.394 e. The maximum atomic E-state index is 8.90. The minimum atomic E-state index is -0.648. The maximum absolute atomic E-state index is 8.90. The van der Waals surface area contributed by atoms with Gasteiger partial charge < -0.3 is 15.4 Å². The number of rotatable bonds is 4. The van der Waals surface area contributed by atoms with Crippen LogP contribution in [0.5, 0.6) is 0 Å². The summed E-state index contributed by atoms with van der Waals surface area (Å²) in [5.74, 6) is 0.622. The van der Waals surface area contributed by atoms with Gasteiger partial charge in [-0.25, -0.2) is 0 Å². The van der Waals surface area contributed by atoms with Gasteiger partial charge in [-0.3, -0.25) is 4.98 Å². The van der Waals surface area contributed by atoms with Crippen LogP contribution in [0.4, 0.5) is 0 Å². The van der Waals surface area contributed by atoms with Crippen LogP contribution in [0.1, 0.15) is 24.4 Å². The first-order chi connectivity index (χ1) is 8.26. The third kappa shape index (κ3) is 2.32. The molecule has 2 heterocycles. The Kier molecular flexibility index (Phi) is 3.46. The van der Waals surface area contributed by atoms with E-state index in [9.17, 15) is 0 Å². The van der Waals surface area contributed by atoms with Crippen molar-refractivity contribution in [2.45, 2.75) is 19.4 Å². The van der Waals surface area contributed by atoms with E-state index in [0.717, 1.165) is 12.0 Å². The summed E-state index contributed by atoms with van der Waals surface area (Å²) in [6, 6.07) is 3.18. The van der Waals surface area contributed by atoms with Crippen LogP contribution >= 0.6 is 0 Å². The second-order valence-corrected chi connectivity index (χ2v) is 3.61. The molecule has 0 aromatic carbocycles. The molecule has 1 unspecified atom stereocenters. The van der Waals surface area contributed by atoms with Gasteiger partial charge in [0.25, 0.3) is 0 Å². The molecule has 0 aliphatic heterocycles. The molecular formula is C11H14N4O2. The van der Waals surface area contributed by atoms with Crippen molar-refractivity contribution in [3.8, 4) is 11.5 Å². The normalized spacial score (nSPS) is 12.6. The molecular weight excluding hydrogens is 220 g/mol. The molecule has 17 heavy (non-hydrogen) atoms. The standard InChI is InChI=1S/C11H14N4O2/c1-2-7-4-3-5-13-9(7)10-14-11(17-15-10)8(12)6-16/h3-5,8,16H,2,6,12H2,1H3. The van der Waals surface area contributed by atoms with Gasteiger partial charge in [-0.2, -0.15) is 4.98 Å². The molecule has 2 aromatic heterocycles. The zero-order valence-corrected chi connectivity index (χ0v) is 9.50. The highest BCUT2D eigenvalue weighted by atomic mass is 16.5. The number of hydrogen-bond acceptors (Lipinski definition) is 6. The Balaban J connectivity index is 2.37. The topological polar surface area (TPSA) is 98.1 Å². The van der Waals surface area contributed by atoms with Crippen LogP contribution in [0.25, 0.3) is 11.5 Å². The van der Waals surface area contributed by atoms with E-state index in [1.165, 1.54) is 0 Å². The van der Waals surface area contributed by atoms with Gasteiger partial charge in [-0.05, 0) is 18.1 Å². The van der Waals surface area contributed by atoms with Crippen molar-refractivity contribution < 1.29 is 9.63 Å². The van der Waals surface area contributed by atoms with E-state index in [-0.39, 0.29) is 12.5 Å². The SMILES string of the molecule is CCc1cccnc1-c1noc(C(N)CO)n1. The van der Waals surface area contributed by atoms with Crippen LogP contribution in [0.2, 0.25) is 0 Å². The third-order valence-electron chi connectivity index (χ3n) is 2.44. The first-order valence-electron chi connectivity index (χ1n) is 5.40. The summed E-state index contributed by atoms with van der Waals surface area (Å²) in [7, 11) is 0. The van der Waals surface area contributed by atoms with Gasteiger partial charge in [0.2, 0.25) is 11.7 Å². The summed E-state index contributed by atoms with van der Waals surface area (Å²) in [5.41, 5.74) is 7.32. The second kappa shape index (κ2) is 5.03. The van der Waals surface area contributed by atoms with E-state index in [2.05, 4.69) is 15.1 Å². The molecule has 6 nitrogen and oxygen atoms in total. The van der Waals surface area contributed by atoms with E-state index in [1.807, 2.05) is 19.1 Å². The maximum Gasteiger partial charge on any atom is 0.246 e. The Labute approximate surface area is 98.5 Å². The van der Waals surface area contributed by atoms with Crippen LogP contribution in [0.15, 0.2) is 22.9 Å². The molecule has 1 atom stereocenters. The van der Waals surface area contributed by atoms with Gasteiger partial charge >= 0.3 is 0 Å². The fourth-order valence-corrected chi connectivity index (χ4v) is 1.49. The summed E-state index contributed by atoms with van der Waals surface area (Å²) < 4.78 is 4.99. The lowest BCUT2D eigenvalue weighted by Gasteiger charge is -2.01. The van der Waals surface area contributed by atoms with Crippen molar-refractivity contribution in [1.29, 1.82) is 0 Å². The van der Waals surface area contributed by atoms with Crippen molar-refractivity contribution in [2.24, 2.45) is 5.73 Å². The van der Waals surface area contributed by atoms with E-state index in [4.69, 9.17) is 15.4 Å². The zero-order chi connectivity index (χ0) is 12.3. The van der Waals surface area contributed by atoms with E-state index < -0.39 is 6.04 Å². The van der Waals surface area contributed by atoms with Crippen LogP contribution in [0, 0.1) is 0 Å². The van der Waals surface area contributed by atoms with Crippen LogP contribution in [0.3, 0.4) is 0 Å². The third-order valence-corrected chi connectivity index (χ3v) is 2.44. The van der Waals surface area contributed by atoms with Crippen LogP contribution in [-0.4, -0.2) is 26.8 Å². The number of nitrogens with two attached hydrogens (primary N) is 1. The lowest BCUT2D eigenvalue weighted by atomic mass is 10.1. The minimum Gasteiger partial charge on any atom is -0.394 e. The van der Waals surface area contributed by atoms with Crippen LogP contribution in [-0.2, 0) is 6.42 Å². The summed E-state index contributed by atoms with van der Waals surface area (Å²) in [6.07, 6.45) is 2.51. The quantitative estimate of drug-likeness (QED) is 0.807. The highest BCUT2D eigenvalue weighted by Crippen LogP contribution is 2.19. The molecule has 0 radical (unpaired) electrons. The summed E-state index contributed by atoms with van der Waals surface area (Å²) in [4.78, 5) is 8.36. The predicted octanol–water partition coefficient (Wildman–Crippen LogP) is 0.686. The molecule has 2 aromatic rings. The molecule has 0 spiro atoms. The Hall–Kier alpha value is -1.79. The predicted molar refractivity (Wildman–Crippen MR) is 60.9 cm³/mol. The molecule has 0 fully saturated rings. The van der Waals surface area contributed by atoms with Crippen molar-refractivity contribution in [3.63, 3.8) is 0 Å². The molecule has 90 valence electrons. The summed E-state index contributed by atoms with van der Waals surface area (Å²) in [5, 5.41) is 12.7. The number of aromatic nitrogens is 3. The average molecular weight is 234 g/mol. The highest BCUT2D eigenvalue weighted by molar-refractivity contribution is 5.53. The Bertz CT molecular complexity index is 498. The smallest absolute Gasteiger partial charge is 0.246 e. The van der Waals surface area contributed by atoms with Gasteiger partial charge in [0.15, 0.2) is 0 Å². The molecule has 2 rings (SSSR count). The Morgan fingerprint density at radius 1 is 1.53 bits per heavy atom. The van der Waals surface area contributed by atoms with E-state index in [0.29, 0.717) is 11.5 Å². The summed E-state index contributed by atoms with van der Waals surface area (Å²) in [6.45, 7) is 1.80. The van der Waals surface area contributed by atoms with E-state index in [1.54, 1.807) is 6.20 Å². The number of hydrogen-bond donors (Lipinski definition) is 2. The molecule has 0 saturated heterocycles. The fraction of sp³-hybridized carbons (Fsp3) is 0.364. The van der Waals surface area contributed by atoms with Crippen molar-refractivity contribution >= 4 is 0 Å². The van der Waals surface area contributed by atoms with Gasteiger partial charge in [0, 0.05) is 6.20 Å². The number of nitrogens with zero attached hydrogens (tertiary/aromatic N) is 3. The fourth-order valence-electron chi connectivity index (χ4n) is 1.49. The summed E-state index contributed by atoms with van der Waals surface area (Å²) >= 11 is 0. The second-order valence-electron chi connectivity index (χ2n) is 3.61. The van der Waals surface area contributed by atoms with Gasteiger partial charge in [0.1, 0.15) is 11.7 Å². The highest BCUT2D eigenvalue weighted by Gasteiger charge is 2.16. The lowest BCUT2D eigenvalue weighted by Crippen LogP contribution is -2.14. The number of aliphatic hydroxyl groups excluding tert-OH is 1. The first kappa shape index (κ1) is 11.7. The Morgan fingerprint density at radius 2 is 2.35 bits per heavy atom. The van der Waals surface area contributed by atoms with Gasteiger partial charge in [0.05, 0.1) is 6.61 Å². The van der Waals surface area contributed by atoms with Crippen molar-refractivity contribution in [2.75, 3.05) is 6.61 Å². The molecule has 6 heteroatoms. The molecule has 3 N–H and O–H groups in total. The first-order valence-corrected chi connectivity index (χ1v) is 5.40. The Morgan fingerprint density at radius 3 is 3.06 bits per heavy atom. The van der Waals surface area contributed by atoms with E-state index >= 15 is 0 Å². The molecule has 0 aliphatic rings. The minimum absolute atomic E-state index is 0.218.